The van der Waals surface area contributed by atoms with E-state index < -0.39 is 5.97 Å². The predicted octanol–water partition coefficient (Wildman–Crippen LogP) is 0.274. The summed E-state index contributed by atoms with van der Waals surface area (Å²) >= 11 is 0. The molecule has 1 aliphatic carbocycles. The van der Waals surface area contributed by atoms with Gasteiger partial charge in [0.2, 0.25) is 11.8 Å². The number of aliphatic carboxylic acids is 1. The lowest BCUT2D eigenvalue weighted by Crippen LogP contribution is -2.28. The molecular weight excluding hydrogens is 236 g/mol. The number of carbonyl (C=O) groups is 3. The van der Waals surface area contributed by atoms with E-state index in [-0.39, 0.29) is 24.2 Å². The van der Waals surface area contributed by atoms with Gasteiger partial charge in [-0.1, -0.05) is 0 Å². The van der Waals surface area contributed by atoms with Gasteiger partial charge < -0.3 is 15.7 Å². The Hall–Kier alpha value is -1.59. The largest absolute Gasteiger partial charge is 0.481 e. The van der Waals surface area contributed by atoms with Gasteiger partial charge in [-0.2, -0.15) is 0 Å². The lowest BCUT2D eigenvalue weighted by atomic mass is 10.2. The minimum atomic E-state index is -0.855. The van der Waals surface area contributed by atoms with Crippen LogP contribution in [0.15, 0.2) is 0 Å². The Morgan fingerprint density at radius 3 is 2.22 bits per heavy atom. The Morgan fingerprint density at radius 2 is 1.61 bits per heavy atom. The molecule has 2 amide bonds. The third-order valence-electron chi connectivity index (χ3n) is 2.72. The van der Waals surface area contributed by atoms with E-state index in [0.29, 0.717) is 32.4 Å². The highest BCUT2D eigenvalue weighted by atomic mass is 16.4. The third-order valence-corrected chi connectivity index (χ3v) is 2.72. The monoisotopic (exact) mass is 256 g/mol. The average Bonchev–Trinajstić information content (AvgIpc) is 3.13. The second-order valence-corrected chi connectivity index (χ2v) is 4.52. The minimum absolute atomic E-state index is 0.0672. The van der Waals surface area contributed by atoms with Crippen LogP contribution < -0.4 is 10.6 Å². The van der Waals surface area contributed by atoms with Crippen molar-refractivity contribution in [2.75, 3.05) is 13.1 Å². The standard InChI is InChI=1S/C12H20N2O4/c15-10(13-7-2-4-11(16)17)3-1-8-14-12(18)9-5-6-9/h9H,1-8H2,(H,13,15)(H,14,18)(H,16,17). The molecule has 0 spiro atoms. The van der Waals surface area contributed by atoms with Gasteiger partial charge in [0.15, 0.2) is 0 Å². The summed E-state index contributed by atoms with van der Waals surface area (Å²) in [5, 5.41) is 13.8. The minimum Gasteiger partial charge on any atom is -0.481 e. The molecule has 102 valence electrons. The first-order valence-electron chi connectivity index (χ1n) is 6.36. The van der Waals surface area contributed by atoms with Crippen molar-refractivity contribution in [1.29, 1.82) is 0 Å². The van der Waals surface area contributed by atoms with E-state index in [4.69, 9.17) is 5.11 Å². The van der Waals surface area contributed by atoms with Crippen LogP contribution in [0.3, 0.4) is 0 Å². The fourth-order valence-corrected chi connectivity index (χ4v) is 1.51. The lowest BCUT2D eigenvalue weighted by molar-refractivity contribution is -0.137. The van der Waals surface area contributed by atoms with Crippen LogP contribution in [-0.2, 0) is 14.4 Å². The van der Waals surface area contributed by atoms with E-state index in [2.05, 4.69) is 10.6 Å². The molecule has 6 nitrogen and oxygen atoms in total. The zero-order valence-corrected chi connectivity index (χ0v) is 10.4. The van der Waals surface area contributed by atoms with Gasteiger partial charge in [-0.3, -0.25) is 14.4 Å². The van der Waals surface area contributed by atoms with Crippen LogP contribution in [0.25, 0.3) is 0 Å². The molecule has 0 bridgehead atoms. The van der Waals surface area contributed by atoms with Crippen molar-refractivity contribution in [2.24, 2.45) is 5.92 Å². The van der Waals surface area contributed by atoms with Gasteiger partial charge in [0.25, 0.3) is 0 Å². The molecule has 6 heteroatoms. The number of hydrogen-bond donors (Lipinski definition) is 3. The number of carbonyl (C=O) groups excluding carboxylic acids is 2. The first kappa shape index (κ1) is 14.5. The molecule has 0 aromatic carbocycles. The second-order valence-electron chi connectivity index (χ2n) is 4.52. The maximum atomic E-state index is 11.3. The van der Waals surface area contributed by atoms with Gasteiger partial charge in [-0.05, 0) is 25.7 Å². The Balaban J connectivity index is 1.89. The second kappa shape index (κ2) is 7.68. The summed E-state index contributed by atoms with van der Waals surface area (Å²) < 4.78 is 0. The Morgan fingerprint density at radius 1 is 1.00 bits per heavy atom. The highest BCUT2D eigenvalue weighted by Crippen LogP contribution is 2.28. The van der Waals surface area contributed by atoms with E-state index in [1.165, 1.54) is 0 Å². The summed E-state index contributed by atoms with van der Waals surface area (Å²) in [5.74, 6) is -0.653. The van der Waals surface area contributed by atoms with Crippen molar-refractivity contribution in [3.63, 3.8) is 0 Å². The molecule has 0 unspecified atom stereocenters. The molecule has 1 aliphatic rings. The summed E-state index contributed by atoms with van der Waals surface area (Å²) in [6.07, 6.45) is 3.45. The Bertz CT molecular complexity index is 313. The zero-order chi connectivity index (χ0) is 13.4. The average molecular weight is 256 g/mol. The van der Waals surface area contributed by atoms with Crippen LogP contribution in [0, 0.1) is 5.92 Å². The smallest absolute Gasteiger partial charge is 0.303 e. The number of hydrogen-bond acceptors (Lipinski definition) is 3. The van der Waals surface area contributed by atoms with Gasteiger partial charge in [-0.25, -0.2) is 0 Å². The van der Waals surface area contributed by atoms with E-state index >= 15 is 0 Å². The molecule has 0 saturated heterocycles. The first-order valence-corrected chi connectivity index (χ1v) is 6.36. The van der Waals surface area contributed by atoms with Gasteiger partial charge in [0.05, 0.1) is 0 Å². The van der Waals surface area contributed by atoms with Crippen molar-refractivity contribution in [3.8, 4) is 0 Å². The SMILES string of the molecule is O=C(O)CCCNC(=O)CCCNC(=O)C1CC1. The van der Waals surface area contributed by atoms with Crippen molar-refractivity contribution < 1.29 is 19.5 Å². The Labute approximate surface area is 106 Å². The van der Waals surface area contributed by atoms with Gasteiger partial charge >= 0.3 is 5.97 Å². The fourth-order valence-electron chi connectivity index (χ4n) is 1.51. The van der Waals surface area contributed by atoms with Crippen molar-refractivity contribution >= 4 is 17.8 Å². The predicted molar refractivity (Wildman–Crippen MR) is 64.8 cm³/mol. The van der Waals surface area contributed by atoms with E-state index in [0.717, 1.165) is 12.8 Å². The Kier molecular flexibility index (Phi) is 6.18. The number of carboxylic acids is 1. The third kappa shape index (κ3) is 6.88. The van der Waals surface area contributed by atoms with Gasteiger partial charge in [0.1, 0.15) is 0 Å². The van der Waals surface area contributed by atoms with Crippen LogP contribution in [-0.4, -0.2) is 36.0 Å². The number of carboxylic acid groups (broad SMARTS) is 1. The summed E-state index contributed by atoms with van der Waals surface area (Å²) in [6, 6.07) is 0. The van der Waals surface area contributed by atoms with E-state index in [1.54, 1.807) is 0 Å². The lowest BCUT2D eigenvalue weighted by Gasteiger charge is -2.05. The van der Waals surface area contributed by atoms with Crippen LogP contribution in [0.1, 0.15) is 38.5 Å². The first-order chi connectivity index (χ1) is 8.59. The zero-order valence-electron chi connectivity index (χ0n) is 10.4. The number of amides is 2. The molecule has 3 N–H and O–H groups in total. The van der Waals surface area contributed by atoms with Crippen LogP contribution in [0.2, 0.25) is 0 Å². The van der Waals surface area contributed by atoms with Gasteiger partial charge in [-0.15, -0.1) is 0 Å². The van der Waals surface area contributed by atoms with E-state index in [1.807, 2.05) is 0 Å². The molecule has 0 atom stereocenters. The van der Waals surface area contributed by atoms with Gasteiger partial charge in [0, 0.05) is 31.8 Å². The number of nitrogens with one attached hydrogen (secondary N) is 2. The summed E-state index contributed by atoms with van der Waals surface area (Å²) in [7, 11) is 0. The molecule has 18 heavy (non-hydrogen) atoms. The maximum Gasteiger partial charge on any atom is 0.303 e. The summed E-state index contributed by atoms with van der Waals surface area (Å²) in [5.41, 5.74) is 0. The molecule has 0 radical (unpaired) electrons. The molecule has 1 saturated carbocycles. The van der Waals surface area contributed by atoms with Crippen LogP contribution >= 0.6 is 0 Å². The van der Waals surface area contributed by atoms with Crippen molar-refractivity contribution in [3.05, 3.63) is 0 Å². The summed E-state index contributed by atoms with van der Waals surface area (Å²) in [4.78, 5) is 32.8. The van der Waals surface area contributed by atoms with Crippen LogP contribution in [0.5, 0.6) is 0 Å². The molecule has 1 fully saturated rings. The van der Waals surface area contributed by atoms with Crippen LogP contribution in [0.4, 0.5) is 0 Å². The maximum absolute atomic E-state index is 11.3. The fraction of sp³-hybridized carbons (Fsp3) is 0.750. The quantitative estimate of drug-likeness (QED) is 0.516. The number of rotatable bonds is 9. The summed E-state index contributed by atoms with van der Waals surface area (Å²) in [6.45, 7) is 0.914. The molecule has 0 heterocycles. The molecular formula is C12H20N2O4. The molecule has 1 rings (SSSR count). The molecule has 0 aliphatic heterocycles. The van der Waals surface area contributed by atoms with E-state index in [9.17, 15) is 14.4 Å². The van der Waals surface area contributed by atoms with Crippen molar-refractivity contribution in [2.45, 2.75) is 38.5 Å². The topological polar surface area (TPSA) is 95.5 Å². The highest BCUT2D eigenvalue weighted by Gasteiger charge is 2.28. The molecule has 0 aromatic heterocycles. The highest BCUT2D eigenvalue weighted by molar-refractivity contribution is 5.81. The normalized spacial score (nSPS) is 14.0. The van der Waals surface area contributed by atoms with Crippen molar-refractivity contribution in [1.82, 2.24) is 10.6 Å². The molecule has 0 aromatic rings.